The SMILES string of the molecule is CC(C)(CO)CNCCc1ccc2ncoc2c1. The monoisotopic (exact) mass is 248 g/mol. The van der Waals surface area contributed by atoms with Gasteiger partial charge in [0.25, 0.3) is 0 Å². The van der Waals surface area contributed by atoms with Gasteiger partial charge in [0.15, 0.2) is 12.0 Å². The smallest absolute Gasteiger partial charge is 0.181 e. The number of rotatable bonds is 6. The average Bonchev–Trinajstić information content (AvgIpc) is 2.82. The molecule has 1 aromatic carbocycles. The second-order valence-corrected chi connectivity index (χ2v) is 5.40. The largest absolute Gasteiger partial charge is 0.443 e. The molecule has 98 valence electrons. The maximum Gasteiger partial charge on any atom is 0.181 e. The van der Waals surface area contributed by atoms with Crippen LogP contribution in [0.15, 0.2) is 29.0 Å². The molecule has 0 saturated heterocycles. The fourth-order valence-electron chi connectivity index (χ4n) is 1.77. The van der Waals surface area contributed by atoms with Crippen LogP contribution in [-0.2, 0) is 6.42 Å². The van der Waals surface area contributed by atoms with Crippen molar-refractivity contribution < 1.29 is 9.52 Å². The molecule has 1 heterocycles. The average molecular weight is 248 g/mol. The van der Waals surface area contributed by atoms with E-state index in [-0.39, 0.29) is 12.0 Å². The minimum absolute atomic E-state index is 0.0606. The van der Waals surface area contributed by atoms with E-state index in [2.05, 4.69) is 16.4 Å². The molecule has 1 aromatic heterocycles. The normalized spacial score (nSPS) is 12.2. The Labute approximate surface area is 107 Å². The predicted molar refractivity (Wildman–Crippen MR) is 71.4 cm³/mol. The highest BCUT2D eigenvalue weighted by Crippen LogP contribution is 2.15. The molecule has 0 aliphatic rings. The van der Waals surface area contributed by atoms with Crippen molar-refractivity contribution >= 4 is 11.1 Å². The van der Waals surface area contributed by atoms with Crippen molar-refractivity contribution in [1.82, 2.24) is 10.3 Å². The van der Waals surface area contributed by atoms with E-state index in [4.69, 9.17) is 9.52 Å². The minimum Gasteiger partial charge on any atom is -0.443 e. The van der Waals surface area contributed by atoms with Gasteiger partial charge in [-0.25, -0.2) is 4.98 Å². The van der Waals surface area contributed by atoms with E-state index >= 15 is 0 Å². The zero-order valence-electron chi connectivity index (χ0n) is 10.9. The van der Waals surface area contributed by atoms with Crippen LogP contribution in [0.4, 0.5) is 0 Å². The molecule has 0 unspecified atom stereocenters. The standard InChI is InChI=1S/C14H20N2O2/c1-14(2,9-17)8-15-6-5-11-3-4-12-13(7-11)18-10-16-12/h3-4,7,10,15,17H,5-6,8-9H2,1-2H3. The Bertz CT molecular complexity index is 505. The van der Waals surface area contributed by atoms with E-state index < -0.39 is 0 Å². The highest BCUT2D eigenvalue weighted by molar-refractivity contribution is 5.72. The maximum absolute atomic E-state index is 9.15. The zero-order valence-corrected chi connectivity index (χ0v) is 10.9. The number of hydrogen-bond acceptors (Lipinski definition) is 4. The molecule has 0 atom stereocenters. The third-order valence-corrected chi connectivity index (χ3v) is 3.02. The summed E-state index contributed by atoms with van der Waals surface area (Å²) in [6.07, 6.45) is 2.41. The van der Waals surface area contributed by atoms with Crippen molar-refractivity contribution in [3.05, 3.63) is 30.2 Å². The van der Waals surface area contributed by atoms with Crippen molar-refractivity contribution in [3.63, 3.8) is 0 Å². The van der Waals surface area contributed by atoms with Crippen LogP contribution in [0.25, 0.3) is 11.1 Å². The van der Waals surface area contributed by atoms with Gasteiger partial charge >= 0.3 is 0 Å². The Hall–Kier alpha value is -1.39. The third kappa shape index (κ3) is 3.31. The van der Waals surface area contributed by atoms with Gasteiger partial charge in [0.05, 0.1) is 0 Å². The van der Waals surface area contributed by atoms with Gasteiger partial charge in [-0.1, -0.05) is 19.9 Å². The van der Waals surface area contributed by atoms with E-state index in [0.29, 0.717) is 0 Å². The van der Waals surface area contributed by atoms with E-state index in [1.165, 1.54) is 12.0 Å². The molecule has 4 heteroatoms. The molecule has 2 aromatic rings. The quantitative estimate of drug-likeness (QED) is 0.767. The van der Waals surface area contributed by atoms with Crippen LogP contribution >= 0.6 is 0 Å². The molecule has 0 spiro atoms. The Morgan fingerprint density at radius 2 is 2.22 bits per heavy atom. The summed E-state index contributed by atoms with van der Waals surface area (Å²) in [5.41, 5.74) is 2.90. The van der Waals surface area contributed by atoms with Crippen LogP contribution in [0.1, 0.15) is 19.4 Å². The summed E-state index contributed by atoms with van der Waals surface area (Å²) in [4.78, 5) is 4.09. The lowest BCUT2D eigenvalue weighted by atomic mass is 9.95. The summed E-state index contributed by atoms with van der Waals surface area (Å²) in [7, 11) is 0. The molecule has 0 saturated carbocycles. The summed E-state index contributed by atoms with van der Waals surface area (Å²) in [6, 6.07) is 6.08. The summed E-state index contributed by atoms with van der Waals surface area (Å²) < 4.78 is 5.27. The lowest BCUT2D eigenvalue weighted by Crippen LogP contribution is -2.33. The van der Waals surface area contributed by atoms with E-state index in [0.717, 1.165) is 30.6 Å². The Kier molecular flexibility index (Phi) is 3.99. The fraction of sp³-hybridized carbons (Fsp3) is 0.500. The molecule has 0 radical (unpaired) electrons. The number of aliphatic hydroxyl groups excluding tert-OH is 1. The van der Waals surface area contributed by atoms with E-state index in [1.54, 1.807) is 0 Å². The molecular formula is C14H20N2O2. The van der Waals surface area contributed by atoms with Crippen LogP contribution in [0, 0.1) is 5.41 Å². The van der Waals surface area contributed by atoms with Crippen molar-refractivity contribution in [2.75, 3.05) is 19.7 Å². The molecule has 0 fully saturated rings. The third-order valence-electron chi connectivity index (χ3n) is 3.02. The molecule has 0 amide bonds. The maximum atomic E-state index is 9.15. The zero-order chi connectivity index (χ0) is 13.0. The molecule has 4 nitrogen and oxygen atoms in total. The number of fused-ring (bicyclic) bond motifs is 1. The number of nitrogens with one attached hydrogen (secondary N) is 1. The summed E-state index contributed by atoms with van der Waals surface area (Å²) in [6.45, 7) is 5.99. The van der Waals surface area contributed by atoms with Gasteiger partial charge in [-0.15, -0.1) is 0 Å². The second-order valence-electron chi connectivity index (χ2n) is 5.40. The number of aromatic nitrogens is 1. The van der Waals surface area contributed by atoms with Crippen LogP contribution in [0.5, 0.6) is 0 Å². The summed E-state index contributed by atoms with van der Waals surface area (Å²) >= 11 is 0. The second kappa shape index (κ2) is 5.50. The van der Waals surface area contributed by atoms with Gasteiger partial charge in [-0.3, -0.25) is 0 Å². The number of hydrogen-bond donors (Lipinski definition) is 2. The van der Waals surface area contributed by atoms with Gasteiger partial charge in [0.2, 0.25) is 0 Å². The lowest BCUT2D eigenvalue weighted by Gasteiger charge is -2.21. The number of nitrogens with zero attached hydrogens (tertiary/aromatic N) is 1. The Morgan fingerprint density at radius 1 is 1.39 bits per heavy atom. The molecule has 0 bridgehead atoms. The van der Waals surface area contributed by atoms with Crippen molar-refractivity contribution in [3.8, 4) is 0 Å². The van der Waals surface area contributed by atoms with Crippen molar-refractivity contribution in [2.24, 2.45) is 5.41 Å². The highest BCUT2D eigenvalue weighted by Gasteiger charge is 2.15. The van der Waals surface area contributed by atoms with Crippen LogP contribution < -0.4 is 5.32 Å². The number of oxazole rings is 1. The summed E-state index contributed by atoms with van der Waals surface area (Å²) in [5, 5.41) is 12.5. The molecular weight excluding hydrogens is 228 g/mol. The topological polar surface area (TPSA) is 58.3 Å². The van der Waals surface area contributed by atoms with Gasteiger partial charge < -0.3 is 14.8 Å². The van der Waals surface area contributed by atoms with Gasteiger partial charge in [0.1, 0.15) is 5.52 Å². The Morgan fingerprint density at radius 3 is 3.00 bits per heavy atom. The first-order valence-corrected chi connectivity index (χ1v) is 6.24. The molecule has 2 N–H and O–H groups in total. The summed E-state index contributed by atoms with van der Waals surface area (Å²) in [5.74, 6) is 0. The molecule has 18 heavy (non-hydrogen) atoms. The van der Waals surface area contributed by atoms with E-state index in [1.807, 2.05) is 26.0 Å². The Balaban J connectivity index is 1.83. The van der Waals surface area contributed by atoms with Crippen molar-refractivity contribution in [1.29, 1.82) is 0 Å². The number of aliphatic hydroxyl groups is 1. The van der Waals surface area contributed by atoms with Gasteiger partial charge in [-0.05, 0) is 30.7 Å². The van der Waals surface area contributed by atoms with E-state index in [9.17, 15) is 0 Å². The van der Waals surface area contributed by atoms with Gasteiger partial charge in [-0.2, -0.15) is 0 Å². The molecule has 0 aliphatic heterocycles. The first-order valence-electron chi connectivity index (χ1n) is 6.24. The van der Waals surface area contributed by atoms with Crippen LogP contribution in [0.2, 0.25) is 0 Å². The first kappa shape index (κ1) is 13.1. The first-order chi connectivity index (χ1) is 8.61. The van der Waals surface area contributed by atoms with Crippen molar-refractivity contribution in [2.45, 2.75) is 20.3 Å². The van der Waals surface area contributed by atoms with Gasteiger partial charge in [0, 0.05) is 18.6 Å². The van der Waals surface area contributed by atoms with Crippen LogP contribution in [0.3, 0.4) is 0 Å². The molecule has 2 rings (SSSR count). The fourth-order valence-corrected chi connectivity index (χ4v) is 1.77. The molecule has 0 aliphatic carbocycles. The minimum atomic E-state index is -0.0606. The van der Waals surface area contributed by atoms with Crippen LogP contribution in [-0.4, -0.2) is 29.8 Å². The highest BCUT2D eigenvalue weighted by atomic mass is 16.3. The lowest BCUT2D eigenvalue weighted by molar-refractivity contribution is 0.157. The predicted octanol–water partition coefficient (Wildman–Crippen LogP) is 1.98. The number of benzene rings is 1.